The van der Waals surface area contributed by atoms with Gasteiger partial charge in [0.25, 0.3) is 9.05 Å². The molecule has 0 unspecified atom stereocenters. The van der Waals surface area contributed by atoms with E-state index >= 15 is 0 Å². The number of aromatic nitrogens is 2. The fraction of sp³-hybridized carbons (Fsp3) is 0.143. The average Bonchev–Trinajstić information content (AvgIpc) is 2.94. The Bertz CT molecular complexity index is 2070. The molecule has 0 bridgehead atoms. The number of rotatable bonds is 4. The summed E-state index contributed by atoms with van der Waals surface area (Å²) in [4.78, 5) is 7.06. The van der Waals surface area contributed by atoms with Crippen molar-refractivity contribution < 1.29 is 59.6 Å². The Morgan fingerprint density at radius 1 is 0.809 bits per heavy atom. The fourth-order valence-electron chi connectivity index (χ4n) is 3.23. The van der Waals surface area contributed by atoms with Crippen LogP contribution < -0.4 is 35.3 Å². The summed E-state index contributed by atoms with van der Waals surface area (Å²) in [6.45, 7) is 5.33. The SMILES string of the molecule is Cc1cnc(C#N)c(N)c1.Cc1cnc(C#N)c([N-]S(=O)(=O)c2ccc(Cl)c(C)c2)c1.O=S(=O)(Cl)c1ccc(Cl)c(C(F)(F)F)c1.[Na+]. The molecule has 0 saturated heterocycles. The Morgan fingerprint density at radius 2 is 1.32 bits per heavy atom. The number of nitrogen functional groups attached to an aromatic ring is 1. The van der Waals surface area contributed by atoms with Gasteiger partial charge in [0.2, 0.25) is 0 Å². The van der Waals surface area contributed by atoms with Gasteiger partial charge in [0.15, 0.2) is 5.69 Å². The van der Waals surface area contributed by atoms with Crippen molar-refractivity contribution in [3.8, 4) is 12.1 Å². The van der Waals surface area contributed by atoms with Crippen LogP contribution in [0.1, 0.15) is 33.6 Å². The normalized spacial score (nSPS) is 10.9. The number of hydrogen-bond donors (Lipinski definition) is 1. The van der Waals surface area contributed by atoms with Gasteiger partial charge >= 0.3 is 35.7 Å². The number of nitrogens with two attached hydrogens (primary N) is 1. The maximum Gasteiger partial charge on any atom is 1.00 e. The molecule has 242 valence electrons. The van der Waals surface area contributed by atoms with Crippen LogP contribution in [-0.2, 0) is 25.3 Å². The molecule has 2 aromatic carbocycles. The summed E-state index contributed by atoms with van der Waals surface area (Å²) in [6.07, 6.45) is -1.61. The molecule has 0 fully saturated rings. The molecule has 2 heterocycles. The molecule has 47 heavy (non-hydrogen) atoms. The molecular formula is C28H21Cl3F3N6NaO4S2. The summed E-state index contributed by atoms with van der Waals surface area (Å²) >= 11 is 11.2. The summed E-state index contributed by atoms with van der Waals surface area (Å²) in [5.74, 6) is 0. The number of pyridine rings is 2. The molecule has 10 nitrogen and oxygen atoms in total. The van der Waals surface area contributed by atoms with Gasteiger partial charge < -0.3 is 10.5 Å². The van der Waals surface area contributed by atoms with Gasteiger partial charge in [-0.15, -0.1) is 0 Å². The fourth-order valence-corrected chi connectivity index (χ4v) is 5.42. The second-order valence-corrected chi connectivity index (χ2v) is 14.1. The van der Waals surface area contributed by atoms with Gasteiger partial charge in [0.1, 0.15) is 27.9 Å². The number of aryl methyl sites for hydroxylation is 3. The van der Waals surface area contributed by atoms with E-state index < -0.39 is 40.7 Å². The predicted octanol–water partition coefficient (Wildman–Crippen LogP) is 4.75. The largest absolute Gasteiger partial charge is 1.00 e. The van der Waals surface area contributed by atoms with Gasteiger partial charge in [-0.3, -0.25) is 0 Å². The zero-order valence-corrected chi connectivity index (χ0v) is 30.7. The number of halogens is 6. The van der Waals surface area contributed by atoms with Crippen LogP contribution in [0.25, 0.3) is 4.72 Å². The van der Waals surface area contributed by atoms with Crippen molar-refractivity contribution in [1.82, 2.24) is 9.97 Å². The van der Waals surface area contributed by atoms with E-state index in [0.717, 1.165) is 23.3 Å². The molecule has 0 atom stereocenters. The Morgan fingerprint density at radius 3 is 1.81 bits per heavy atom. The molecule has 0 radical (unpaired) electrons. The summed E-state index contributed by atoms with van der Waals surface area (Å²) in [5, 5.41) is 17.3. The van der Waals surface area contributed by atoms with Crippen molar-refractivity contribution in [2.24, 2.45) is 0 Å². The monoisotopic (exact) mass is 754 g/mol. The van der Waals surface area contributed by atoms with Crippen LogP contribution in [0, 0.1) is 43.4 Å². The topological polar surface area (TPSA) is 182 Å². The molecule has 19 heteroatoms. The van der Waals surface area contributed by atoms with Crippen molar-refractivity contribution in [1.29, 1.82) is 10.5 Å². The Hall–Kier alpha value is -3.12. The van der Waals surface area contributed by atoms with Crippen LogP contribution >= 0.6 is 33.9 Å². The Labute approximate surface area is 306 Å². The molecule has 2 N–H and O–H groups in total. The van der Waals surface area contributed by atoms with Gasteiger partial charge in [0, 0.05) is 28.1 Å². The van der Waals surface area contributed by atoms with Crippen LogP contribution in [-0.4, -0.2) is 26.8 Å². The molecule has 4 rings (SSSR count). The molecule has 0 aliphatic heterocycles. The smallest absolute Gasteiger partial charge is 0.570 e. The third kappa shape index (κ3) is 12.4. The van der Waals surface area contributed by atoms with E-state index in [1.54, 1.807) is 26.1 Å². The van der Waals surface area contributed by atoms with E-state index in [0.29, 0.717) is 28.0 Å². The molecule has 0 saturated carbocycles. The molecular weight excluding hydrogens is 735 g/mol. The standard InChI is InChI=1S/C14H11ClN3O2S.C7H3Cl2F3O2S.C7H7N3.Na/c1-9-5-13(14(7-16)17-8-9)18-21(19,20)11-3-4-12(15)10(2)6-11;8-6-2-1-4(15(9,13)14)3-5(6)7(10,11)12;1-5-2-6(9)7(3-8)10-4-5;/h3-6,8H,1-2H3;1-3H;2,4H,9H2,1H3;/q-1;;;+1. The average molecular weight is 756 g/mol. The maximum absolute atomic E-state index is 12.3. The minimum atomic E-state index is -4.71. The molecule has 0 spiro atoms. The molecule has 0 aliphatic carbocycles. The second kappa shape index (κ2) is 17.3. The van der Waals surface area contributed by atoms with Crippen LogP contribution in [0.3, 0.4) is 0 Å². The number of nitriles is 2. The molecule has 0 amide bonds. The minimum absolute atomic E-state index is 0. The van der Waals surface area contributed by atoms with E-state index in [-0.39, 0.29) is 45.8 Å². The number of nitrogens with zero attached hydrogens (tertiary/aromatic N) is 5. The third-order valence-electron chi connectivity index (χ3n) is 5.44. The summed E-state index contributed by atoms with van der Waals surface area (Å²) in [7, 11) is -3.22. The van der Waals surface area contributed by atoms with Crippen LogP contribution in [0.2, 0.25) is 10.0 Å². The number of anilines is 1. The number of benzene rings is 2. The number of alkyl halides is 3. The van der Waals surface area contributed by atoms with Crippen LogP contribution in [0.15, 0.2) is 70.7 Å². The number of hydrogen-bond acceptors (Lipinski definition) is 9. The van der Waals surface area contributed by atoms with E-state index in [9.17, 15) is 30.0 Å². The van der Waals surface area contributed by atoms with Crippen molar-refractivity contribution in [2.75, 3.05) is 5.73 Å². The first-order valence-corrected chi connectivity index (χ1v) is 16.7. The number of sulfonamides is 1. The van der Waals surface area contributed by atoms with E-state index in [1.807, 2.05) is 19.1 Å². The van der Waals surface area contributed by atoms with E-state index in [2.05, 4.69) is 14.7 Å². The first-order valence-electron chi connectivity index (χ1n) is 12.2. The van der Waals surface area contributed by atoms with Gasteiger partial charge in [0.05, 0.1) is 26.1 Å². The summed E-state index contributed by atoms with van der Waals surface area (Å²) in [5.41, 5.74) is 7.28. The van der Waals surface area contributed by atoms with Crippen LogP contribution in [0.5, 0.6) is 0 Å². The Balaban J connectivity index is 0.000000373. The van der Waals surface area contributed by atoms with Gasteiger partial charge in [-0.05, 0) is 79.9 Å². The van der Waals surface area contributed by atoms with Gasteiger partial charge in [-0.2, -0.15) is 23.7 Å². The van der Waals surface area contributed by atoms with Crippen molar-refractivity contribution in [3.63, 3.8) is 0 Å². The molecule has 0 aliphatic rings. The minimum Gasteiger partial charge on any atom is -0.570 e. The van der Waals surface area contributed by atoms with Gasteiger partial charge in [-0.25, -0.2) is 26.8 Å². The van der Waals surface area contributed by atoms with Crippen LogP contribution in [0.4, 0.5) is 24.5 Å². The summed E-state index contributed by atoms with van der Waals surface area (Å²) in [6, 6.07) is 13.4. The van der Waals surface area contributed by atoms with E-state index in [4.69, 9.17) is 50.1 Å². The first-order chi connectivity index (χ1) is 21.2. The predicted molar refractivity (Wildman–Crippen MR) is 168 cm³/mol. The Kier molecular flexibility index (Phi) is 15.4. The van der Waals surface area contributed by atoms with E-state index in [1.165, 1.54) is 30.5 Å². The van der Waals surface area contributed by atoms with Crippen molar-refractivity contribution in [2.45, 2.75) is 36.7 Å². The molecule has 2 aromatic heterocycles. The van der Waals surface area contributed by atoms with Gasteiger partial charge in [-0.1, -0.05) is 35.0 Å². The first kappa shape index (κ1) is 41.9. The zero-order chi connectivity index (χ0) is 35.0. The molecule has 4 aromatic rings. The third-order valence-corrected chi connectivity index (χ3v) is 8.83. The van der Waals surface area contributed by atoms with Crippen molar-refractivity contribution >= 4 is 64.3 Å². The van der Waals surface area contributed by atoms with Crippen molar-refractivity contribution in [3.05, 3.63) is 109 Å². The maximum atomic E-state index is 12.3. The second-order valence-electron chi connectivity index (χ2n) is 9.11. The quantitative estimate of drug-likeness (QED) is 0.227. The zero-order valence-electron chi connectivity index (χ0n) is 24.8. The summed E-state index contributed by atoms with van der Waals surface area (Å²) < 4.78 is 86.7.